The quantitative estimate of drug-likeness (QED) is 0.266. The fraction of sp³-hybridized carbons (Fsp3) is 0.393. The van der Waals surface area contributed by atoms with Crippen LogP contribution in [-0.2, 0) is 9.47 Å². The van der Waals surface area contributed by atoms with Gasteiger partial charge in [-0.2, -0.15) is 0 Å². The van der Waals surface area contributed by atoms with Crippen LogP contribution >= 0.6 is 12.2 Å². The number of anilines is 1. The number of thiocarbonyl (C=S) groups is 1. The van der Waals surface area contributed by atoms with Crippen LogP contribution < -0.4 is 4.90 Å². The second-order valence-electron chi connectivity index (χ2n) is 9.97. The van der Waals surface area contributed by atoms with E-state index in [1.807, 2.05) is 13.8 Å². The summed E-state index contributed by atoms with van der Waals surface area (Å²) in [6, 6.07) is 9.78. The molecule has 0 unspecified atom stereocenters. The van der Waals surface area contributed by atoms with Crippen molar-refractivity contribution >= 4 is 34.1 Å². The zero-order valence-electron chi connectivity index (χ0n) is 21.4. The van der Waals surface area contributed by atoms with Crippen LogP contribution in [-0.4, -0.2) is 39.7 Å². The number of aromatic nitrogens is 3. The summed E-state index contributed by atoms with van der Waals surface area (Å²) < 4.78 is 47.0. The van der Waals surface area contributed by atoms with E-state index in [0.29, 0.717) is 5.69 Å². The SMILES string of the molecule is COC1CCC(n2c([C@@H]3COC(=S)N3c3ccc(F)c(F)c3)nc3cc(-c4c(C)noc4C)ccc32)CC1. The van der Waals surface area contributed by atoms with Crippen molar-refractivity contribution in [3.8, 4) is 11.1 Å². The van der Waals surface area contributed by atoms with Gasteiger partial charge in [-0.1, -0.05) is 11.2 Å². The van der Waals surface area contributed by atoms with Gasteiger partial charge in [-0.3, -0.25) is 4.90 Å². The molecule has 6 rings (SSSR count). The van der Waals surface area contributed by atoms with E-state index in [1.54, 1.807) is 12.0 Å². The van der Waals surface area contributed by atoms with E-state index in [9.17, 15) is 8.78 Å². The number of imidazole rings is 1. The minimum atomic E-state index is -0.938. The number of methoxy groups -OCH3 is 1. The molecule has 4 aromatic rings. The van der Waals surface area contributed by atoms with Crippen molar-refractivity contribution in [2.75, 3.05) is 18.6 Å². The van der Waals surface area contributed by atoms with Crippen LogP contribution in [0.5, 0.6) is 0 Å². The van der Waals surface area contributed by atoms with Crippen molar-refractivity contribution in [2.24, 2.45) is 0 Å². The van der Waals surface area contributed by atoms with Crippen LogP contribution in [0, 0.1) is 25.5 Å². The van der Waals surface area contributed by atoms with Crippen LogP contribution in [0.2, 0.25) is 0 Å². The third kappa shape index (κ3) is 4.16. The highest BCUT2D eigenvalue weighted by atomic mass is 32.1. The molecule has 0 spiro atoms. The van der Waals surface area contributed by atoms with Gasteiger partial charge < -0.3 is 18.6 Å². The topological polar surface area (TPSA) is 65.6 Å². The van der Waals surface area contributed by atoms with Gasteiger partial charge in [0.1, 0.15) is 24.2 Å². The lowest BCUT2D eigenvalue weighted by Gasteiger charge is -2.32. The van der Waals surface area contributed by atoms with Gasteiger partial charge in [-0.15, -0.1) is 0 Å². The highest BCUT2D eigenvalue weighted by Gasteiger charge is 2.38. The molecule has 0 radical (unpaired) electrons. The zero-order valence-corrected chi connectivity index (χ0v) is 22.2. The number of halogens is 2. The fourth-order valence-corrected chi connectivity index (χ4v) is 6.16. The fourth-order valence-electron chi connectivity index (χ4n) is 5.86. The van der Waals surface area contributed by atoms with Crippen molar-refractivity contribution in [1.82, 2.24) is 14.7 Å². The second kappa shape index (κ2) is 9.74. The van der Waals surface area contributed by atoms with E-state index in [-0.39, 0.29) is 23.9 Å². The molecular formula is C28H28F2N4O3S. The summed E-state index contributed by atoms with van der Waals surface area (Å²) in [7, 11) is 1.76. The van der Waals surface area contributed by atoms with Gasteiger partial charge in [0.25, 0.3) is 5.17 Å². The number of fused-ring (bicyclic) bond motifs is 1. The van der Waals surface area contributed by atoms with Crippen LogP contribution in [0.1, 0.15) is 55.0 Å². The third-order valence-corrected chi connectivity index (χ3v) is 8.05. The van der Waals surface area contributed by atoms with Crippen molar-refractivity contribution < 1.29 is 22.8 Å². The molecule has 3 heterocycles. The number of aryl methyl sites for hydroxylation is 2. The molecule has 2 aromatic carbocycles. The summed E-state index contributed by atoms with van der Waals surface area (Å²) in [6.45, 7) is 4.07. The lowest BCUT2D eigenvalue weighted by Crippen LogP contribution is -2.31. The van der Waals surface area contributed by atoms with Gasteiger partial charge in [-0.05, 0) is 81.6 Å². The molecule has 1 saturated carbocycles. The average Bonchev–Trinajstić information content (AvgIpc) is 3.59. The molecule has 2 aliphatic rings. The van der Waals surface area contributed by atoms with Gasteiger partial charge in [0.2, 0.25) is 0 Å². The third-order valence-electron chi connectivity index (χ3n) is 7.73. The monoisotopic (exact) mass is 538 g/mol. The molecule has 10 heteroatoms. The highest BCUT2D eigenvalue weighted by molar-refractivity contribution is 7.80. The maximum Gasteiger partial charge on any atom is 0.264 e. The predicted octanol–water partition coefficient (Wildman–Crippen LogP) is 6.58. The first-order chi connectivity index (χ1) is 18.4. The summed E-state index contributed by atoms with van der Waals surface area (Å²) in [6.07, 6.45) is 4.02. The van der Waals surface area contributed by atoms with Crippen LogP contribution in [0.4, 0.5) is 14.5 Å². The molecule has 1 saturated heterocycles. The van der Waals surface area contributed by atoms with Gasteiger partial charge in [0.05, 0.1) is 22.8 Å². The molecule has 0 N–H and O–H groups in total. The Bertz CT molecular complexity index is 1510. The van der Waals surface area contributed by atoms with Crippen molar-refractivity contribution in [3.05, 3.63) is 65.3 Å². The molecule has 2 fully saturated rings. The molecular weight excluding hydrogens is 510 g/mol. The predicted molar refractivity (Wildman–Crippen MR) is 143 cm³/mol. The summed E-state index contributed by atoms with van der Waals surface area (Å²) >= 11 is 5.51. The average molecular weight is 539 g/mol. The number of rotatable bonds is 5. The molecule has 0 amide bonds. The smallest absolute Gasteiger partial charge is 0.264 e. The Labute approximate surface area is 224 Å². The Morgan fingerprint density at radius 2 is 1.82 bits per heavy atom. The molecule has 2 aromatic heterocycles. The lowest BCUT2D eigenvalue weighted by molar-refractivity contribution is 0.0584. The first-order valence-corrected chi connectivity index (χ1v) is 13.2. The summed E-state index contributed by atoms with van der Waals surface area (Å²) in [4.78, 5) is 6.85. The summed E-state index contributed by atoms with van der Waals surface area (Å²) in [5.41, 5.74) is 5.00. The Morgan fingerprint density at radius 1 is 1.03 bits per heavy atom. The number of nitrogens with zero attached hydrogens (tertiary/aromatic N) is 4. The molecule has 7 nitrogen and oxygen atoms in total. The largest absolute Gasteiger partial charge is 0.468 e. The number of hydrogen-bond acceptors (Lipinski definition) is 6. The van der Waals surface area contributed by atoms with Crippen LogP contribution in [0.25, 0.3) is 22.2 Å². The van der Waals surface area contributed by atoms with Crippen LogP contribution in [0.3, 0.4) is 0 Å². The van der Waals surface area contributed by atoms with Crippen molar-refractivity contribution in [3.63, 3.8) is 0 Å². The number of hydrogen-bond donors (Lipinski definition) is 0. The Balaban J connectivity index is 1.49. The van der Waals surface area contributed by atoms with E-state index in [0.717, 1.165) is 77.3 Å². The highest BCUT2D eigenvalue weighted by Crippen LogP contribution is 2.41. The molecule has 198 valence electrons. The van der Waals surface area contributed by atoms with Gasteiger partial charge in [-0.25, -0.2) is 13.8 Å². The van der Waals surface area contributed by atoms with E-state index in [4.69, 9.17) is 31.2 Å². The van der Waals surface area contributed by atoms with E-state index in [2.05, 4.69) is 27.9 Å². The summed E-state index contributed by atoms with van der Waals surface area (Å²) in [5.74, 6) is -0.323. The number of ether oxygens (including phenoxy) is 2. The first kappa shape index (κ1) is 24.9. The summed E-state index contributed by atoms with van der Waals surface area (Å²) in [5, 5.41) is 4.31. The minimum Gasteiger partial charge on any atom is -0.468 e. The molecule has 38 heavy (non-hydrogen) atoms. The maximum absolute atomic E-state index is 14.2. The lowest BCUT2D eigenvalue weighted by atomic mass is 9.92. The van der Waals surface area contributed by atoms with Crippen LogP contribution in [0.15, 0.2) is 40.9 Å². The van der Waals surface area contributed by atoms with Crippen molar-refractivity contribution in [1.29, 1.82) is 0 Å². The standard InChI is InChI=1S/C28H28F2N4O3S/c1-15-26(16(2)37-32-15)17-4-11-24-23(12-17)31-27(33(24)18-5-8-20(35-3)9-6-18)25-14-36-28(38)34(25)19-7-10-21(29)22(30)13-19/h4,7,10-13,18,20,25H,5-6,8-9,14H2,1-3H3/t18?,20?,25-/m0/s1. The van der Waals surface area contributed by atoms with E-state index in [1.165, 1.54) is 6.07 Å². The second-order valence-corrected chi connectivity index (χ2v) is 10.3. The molecule has 1 aliphatic carbocycles. The maximum atomic E-state index is 14.2. The van der Waals surface area contributed by atoms with E-state index >= 15 is 0 Å². The van der Waals surface area contributed by atoms with Gasteiger partial charge in [0.15, 0.2) is 11.6 Å². The normalized spacial score (nSPS) is 21.9. The van der Waals surface area contributed by atoms with Gasteiger partial charge >= 0.3 is 0 Å². The zero-order chi connectivity index (χ0) is 26.6. The molecule has 1 aliphatic heterocycles. The minimum absolute atomic E-state index is 0.201. The Hall–Kier alpha value is -3.37. The van der Waals surface area contributed by atoms with E-state index < -0.39 is 17.7 Å². The van der Waals surface area contributed by atoms with Crippen molar-refractivity contribution in [2.45, 2.75) is 57.7 Å². The Morgan fingerprint density at radius 3 is 2.50 bits per heavy atom. The van der Waals surface area contributed by atoms with Gasteiger partial charge in [0, 0.05) is 30.5 Å². The number of benzene rings is 2. The molecule has 1 atom stereocenters. The first-order valence-electron chi connectivity index (χ1n) is 12.7. The Kier molecular flexibility index (Phi) is 6.39. The molecule has 0 bridgehead atoms.